The molecule has 1 fully saturated rings. The third-order valence-corrected chi connectivity index (χ3v) is 6.95. The third-order valence-electron chi connectivity index (χ3n) is 4.28. The maximum atomic E-state index is 13.1. The summed E-state index contributed by atoms with van der Waals surface area (Å²) in [6.07, 6.45) is 1.14. The van der Waals surface area contributed by atoms with Crippen LogP contribution >= 0.6 is 27.5 Å². The molecule has 0 spiro atoms. The van der Waals surface area contributed by atoms with Gasteiger partial charge in [0.25, 0.3) is 5.91 Å². The third kappa shape index (κ3) is 3.91. The van der Waals surface area contributed by atoms with Crippen LogP contribution in [0.3, 0.4) is 0 Å². The quantitative estimate of drug-likeness (QED) is 0.465. The Hall–Kier alpha value is -2.00. The first-order valence-electron chi connectivity index (χ1n) is 8.26. The Morgan fingerprint density at radius 1 is 1.14 bits per heavy atom. The first kappa shape index (κ1) is 20.7. The van der Waals surface area contributed by atoms with E-state index in [1.807, 2.05) is 0 Å². The lowest BCUT2D eigenvalue weighted by Gasteiger charge is -2.25. The fourth-order valence-electron chi connectivity index (χ4n) is 2.96. The number of hydrogen-bond acceptors (Lipinski definition) is 4. The second-order valence-corrected chi connectivity index (χ2v) is 9.32. The highest BCUT2D eigenvalue weighted by Crippen LogP contribution is 2.30. The van der Waals surface area contributed by atoms with E-state index in [4.69, 9.17) is 11.6 Å². The fourth-order valence-corrected chi connectivity index (χ4v) is 4.91. The zero-order chi connectivity index (χ0) is 20.5. The maximum absolute atomic E-state index is 13.1. The number of anilines is 1. The largest absolute Gasteiger partial charge is 0.274 e. The van der Waals surface area contributed by atoms with Crippen LogP contribution in [0.4, 0.5) is 5.69 Å². The van der Waals surface area contributed by atoms with Gasteiger partial charge in [-0.05, 0) is 48.5 Å². The second kappa shape index (κ2) is 8.16. The number of rotatable bonds is 6. The number of hydrogen-bond donors (Lipinski definition) is 0. The summed E-state index contributed by atoms with van der Waals surface area (Å²) in [5, 5.41) is 0.463. The number of carbonyl (C=O) groups excluding carboxylic acids is 2. The van der Waals surface area contributed by atoms with Gasteiger partial charge in [-0.1, -0.05) is 33.6 Å². The van der Waals surface area contributed by atoms with Crippen LogP contribution in [-0.4, -0.2) is 37.1 Å². The van der Waals surface area contributed by atoms with Gasteiger partial charge in [-0.2, -0.15) is 4.31 Å². The van der Waals surface area contributed by atoms with Crippen LogP contribution < -0.4 is 4.90 Å². The lowest BCUT2D eigenvalue weighted by Crippen LogP contribution is -2.45. The number of amides is 2. The highest BCUT2D eigenvalue weighted by atomic mass is 79.9. The van der Waals surface area contributed by atoms with Gasteiger partial charge in [0.15, 0.2) is 0 Å². The zero-order valence-electron chi connectivity index (χ0n) is 14.6. The molecule has 3 rings (SSSR count). The van der Waals surface area contributed by atoms with Gasteiger partial charge in [0.2, 0.25) is 15.9 Å². The minimum atomic E-state index is -4.01. The molecule has 0 radical (unpaired) electrons. The van der Waals surface area contributed by atoms with E-state index in [9.17, 15) is 18.0 Å². The molecule has 0 N–H and O–H groups in total. The molecule has 1 aliphatic heterocycles. The summed E-state index contributed by atoms with van der Waals surface area (Å²) >= 11 is 9.12. The predicted molar refractivity (Wildman–Crippen MR) is 111 cm³/mol. The summed E-state index contributed by atoms with van der Waals surface area (Å²) in [6, 6.07) is 11.1. The number of halogens is 2. The van der Waals surface area contributed by atoms with E-state index >= 15 is 0 Å². The molecule has 1 saturated heterocycles. The van der Waals surface area contributed by atoms with Gasteiger partial charge < -0.3 is 0 Å². The fraction of sp³-hybridized carbons (Fsp3) is 0.158. The Kier molecular flexibility index (Phi) is 6.04. The summed E-state index contributed by atoms with van der Waals surface area (Å²) in [6.45, 7) is 3.49. The van der Waals surface area contributed by atoms with Crippen LogP contribution in [0.15, 0.2) is 70.6 Å². The average molecular weight is 484 g/mol. The van der Waals surface area contributed by atoms with Crippen molar-refractivity contribution in [3.8, 4) is 0 Å². The molecular weight excluding hydrogens is 468 g/mol. The van der Waals surface area contributed by atoms with Gasteiger partial charge in [-0.3, -0.25) is 9.59 Å². The molecule has 6 nitrogen and oxygen atoms in total. The zero-order valence-corrected chi connectivity index (χ0v) is 17.7. The topological polar surface area (TPSA) is 74.8 Å². The van der Waals surface area contributed by atoms with E-state index < -0.39 is 27.9 Å². The molecule has 0 aliphatic carbocycles. The van der Waals surface area contributed by atoms with Gasteiger partial charge >= 0.3 is 0 Å². The first-order chi connectivity index (χ1) is 13.3. The molecule has 0 bridgehead atoms. The van der Waals surface area contributed by atoms with Crippen LogP contribution in [-0.2, 0) is 19.6 Å². The number of nitrogens with zero attached hydrogens (tertiary/aromatic N) is 2. The lowest BCUT2D eigenvalue weighted by atomic mass is 10.2. The monoisotopic (exact) mass is 482 g/mol. The van der Waals surface area contributed by atoms with Crippen molar-refractivity contribution in [2.24, 2.45) is 0 Å². The van der Waals surface area contributed by atoms with Crippen molar-refractivity contribution >= 4 is 55.1 Å². The van der Waals surface area contributed by atoms with Crippen molar-refractivity contribution in [3.63, 3.8) is 0 Å². The Labute approximate surface area is 176 Å². The highest BCUT2D eigenvalue weighted by molar-refractivity contribution is 9.10. The highest BCUT2D eigenvalue weighted by Gasteiger charge is 2.46. The predicted octanol–water partition coefficient (Wildman–Crippen LogP) is 3.61. The van der Waals surface area contributed by atoms with Crippen molar-refractivity contribution in [2.45, 2.75) is 17.4 Å². The molecule has 1 aliphatic rings. The maximum Gasteiger partial charge on any atom is 0.252 e. The Morgan fingerprint density at radius 3 is 2.32 bits per heavy atom. The van der Waals surface area contributed by atoms with Crippen molar-refractivity contribution in [2.75, 3.05) is 11.4 Å². The lowest BCUT2D eigenvalue weighted by molar-refractivity contribution is -0.122. The molecule has 2 aromatic rings. The van der Waals surface area contributed by atoms with Crippen molar-refractivity contribution in [3.05, 3.63) is 70.7 Å². The summed E-state index contributed by atoms with van der Waals surface area (Å²) < 4.78 is 28.0. The van der Waals surface area contributed by atoms with E-state index in [-0.39, 0.29) is 17.9 Å². The van der Waals surface area contributed by atoms with Gasteiger partial charge in [0.05, 0.1) is 17.0 Å². The SMILES string of the molecule is C=CCN(C1CC(=O)N(c2ccc(Cl)cc2)C1=O)S(=O)(=O)c1ccc(Br)cc1. The van der Waals surface area contributed by atoms with Crippen LogP contribution in [0, 0.1) is 0 Å². The molecule has 2 aromatic carbocycles. The van der Waals surface area contributed by atoms with Crippen LogP contribution in [0.2, 0.25) is 5.02 Å². The number of imide groups is 1. The van der Waals surface area contributed by atoms with Gasteiger partial charge in [0.1, 0.15) is 6.04 Å². The average Bonchev–Trinajstić information content (AvgIpc) is 2.95. The van der Waals surface area contributed by atoms with E-state index in [0.717, 1.165) is 13.7 Å². The van der Waals surface area contributed by atoms with E-state index in [1.54, 1.807) is 36.4 Å². The van der Waals surface area contributed by atoms with Crippen LogP contribution in [0.5, 0.6) is 0 Å². The second-order valence-electron chi connectivity index (χ2n) is 6.08. The minimum Gasteiger partial charge on any atom is -0.274 e. The Bertz CT molecular complexity index is 1020. The standard InChI is InChI=1S/C19H16BrClN2O4S/c1-2-11-22(28(26,27)16-9-3-13(20)4-10-16)17-12-18(24)23(19(17)25)15-7-5-14(21)6-8-15/h2-10,17H,1,11-12H2. The molecule has 2 amide bonds. The summed E-state index contributed by atoms with van der Waals surface area (Å²) in [5.74, 6) is -1.08. The van der Waals surface area contributed by atoms with Gasteiger partial charge in [-0.15, -0.1) is 6.58 Å². The van der Waals surface area contributed by atoms with Crippen molar-refractivity contribution in [1.82, 2.24) is 4.31 Å². The van der Waals surface area contributed by atoms with E-state index in [2.05, 4.69) is 22.5 Å². The van der Waals surface area contributed by atoms with Crippen LogP contribution in [0.25, 0.3) is 0 Å². The minimum absolute atomic E-state index is 0.0303. The summed E-state index contributed by atoms with van der Waals surface area (Å²) in [4.78, 5) is 26.5. The van der Waals surface area contributed by atoms with E-state index in [0.29, 0.717) is 10.7 Å². The number of sulfonamides is 1. The molecular formula is C19H16BrClN2O4S. The normalized spacial score (nSPS) is 17.4. The van der Waals surface area contributed by atoms with Gasteiger partial charge in [-0.25, -0.2) is 13.3 Å². The van der Waals surface area contributed by atoms with Gasteiger partial charge in [0, 0.05) is 16.0 Å². The first-order valence-corrected chi connectivity index (χ1v) is 10.9. The van der Waals surface area contributed by atoms with Crippen molar-refractivity contribution < 1.29 is 18.0 Å². The molecule has 1 heterocycles. The van der Waals surface area contributed by atoms with Crippen molar-refractivity contribution in [1.29, 1.82) is 0 Å². The number of carbonyl (C=O) groups is 2. The van der Waals surface area contributed by atoms with E-state index in [1.165, 1.54) is 18.2 Å². The molecule has 1 unspecified atom stereocenters. The Morgan fingerprint density at radius 2 is 1.75 bits per heavy atom. The molecule has 0 saturated carbocycles. The number of benzene rings is 2. The molecule has 9 heteroatoms. The molecule has 28 heavy (non-hydrogen) atoms. The molecule has 0 aromatic heterocycles. The summed E-state index contributed by atoms with van der Waals surface area (Å²) in [5.41, 5.74) is 0.349. The molecule has 146 valence electrons. The van der Waals surface area contributed by atoms with Crippen LogP contribution in [0.1, 0.15) is 6.42 Å². The summed E-state index contributed by atoms with van der Waals surface area (Å²) in [7, 11) is -4.01. The smallest absolute Gasteiger partial charge is 0.252 e. The molecule has 1 atom stereocenters. The Balaban J connectivity index is 1.97.